The molecule has 0 aliphatic rings. The van der Waals surface area contributed by atoms with Crippen LogP contribution in [0.1, 0.15) is 22.6 Å². The summed E-state index contributed by atoms with van der Waals surface area (Å²) < 4.78 is 42.2. The standard InChI is InChI=1S/C20H14F3N7S/c1-12-17(25-28-29(12)15-9-5-8-14(11-15)20(21,22)23)18-27-30-16(24-26-19(30)31-18)10-13-6-3-2-4-7-13/h2-9,11H,10H2,1H3. The van der Waals surface area contributed by atoms with E-state index in [2.05, 4.69) is 25.6 Å². The van der Waals surface area contributed by atoms with Crippen molar-refractivity contribution in [3.63, 3.8) is 0 Å². The molecule has 0 bridgehead atoms. The van der Waals surface area contributed by atoms with Crippen LogP contribution in [0.15, 0.2) is 54.6 Å². The molecular weight excluding hydrogens is 427 g/mol. The van der Waals surface area contributed by atoms with Crippen molar-refractivity contribution in [3.8, 4) is 16.4 Å². The molecule has 11 heteroatoms. The highest BCUT2D eigenvalue weighted by Crippen LogP contribution is 2.32. The smallest absolute Gasteiger partial charge is 0.217 e. The van der Waals surface area contributed by atoms with Crippen molar-refractivity contribution in [2.45, 2.75) is 19.5 Å². The Balaban J connectivity index is 1.50. The monoisotopic (exact) mass is 441 g/mol. The molecule has 0 aliphatic carbocycles. The van der Waals surface area contributed by atoms with Crippen LogP contribution >= 0.6 is 11.3 Å². The maximum atomic E-state index is 13.1. The minimum atomic E-state index is -4.43. The number of halogens is 3. The van der Waals surface area contributed by atoms with Gasteiger partial charge in [0, 0.05) is 6.42 Å². The Morgan fingerprint density at radius 1 is 0.968 bits per heavy atom. The van der Waals surface area contributed by atoms with Gasteiger partial charge in [-0.25, -0.2) is 4.68 Å². The van der Waals surface area contributed by atoms with Crippen molar-refractivity contribution in [1.82, 2.24) is 34.8 Å². The molecule has 0 aliphatic heterocycles. The molecule has 0 fully saturated rings. The third-order valence-electron chi connectivity index (χ3n) is 4.78. The zero-order chi connectivity index (χ0) is 21.6. The van der Waals surface area contributed by atoms with Crippen LogP contribution < -0.4 is 0 Å². The highest BCUT2D eigenvalue weighted by molar-refractivity contribution is 7.19. The molecule has 3 aromatic heterocycles. The van der Waals surface area contributed by atoms with E-state index in [1.807, 2.05) is 30.3 Å². The van der Waals surface area contributed by atoms with Gasteiger partial charge in [-0.2, -0.15) is 22.8 Å². The molecule has 5 aromatic rings. The van der Waals surface area contributed by atoms with E-state index in [-0.39, 0.29) is 5.69 Å². The van der Waals surface area contributed by atoms with Crippen molar-refractivity contribution in [2.75, 3.05) is 0 Å². The van der Waals surface area contributed by atoms with Crippen LogP contribution in [0, 0.1) is 6.92 Å². The summed E-state index contributed by atoms with van der Waals surface area (Å²) >= 11 is 1.29. The van der Waals surface area contributed by atoms with Crippen LogP contribution in [-0.2, 0) is 12.6 Å². The van der Waals surface area contributed by atoms with Gasteiger partial charge in [-0.3, -0.25) is 0 Å². The highest BCUT2D eigenvalue weighted by atomic mass is 32.1. The van der Waals surface area contributed by atoms with Crippen LogP contribution in [0.3, 0.4) is 0 Å². The Hall–Kier alpha value is -3.60. The van der Waals surface area contributed by atoms with Gasteiger partial charge in [0.1, 0.15) is 5.69 Å². The minimum Gasteiger partial charge on any atom is -0.217 e. The molecule has 156 valence electrons. The maximum Gasteiger partial charge on any atom is 0.416 e. The van der Waals surface area contributed by atoms with Crippen LogP contribution in [0.5, 0.6) is 0 Å². The second-order valence-electron chi connectivity index (χ2n) is 6.86. The first-order valence-corrected chi connectivity index (χ1v) is 10.1. The van der Waals surface area contributed by atoms with Crippen molar-refractivity contribution < 1.29 is 13.2 Å². The first kappa shape index (κ1) is 19.4. The van der Waals surface area contributed by atoms with Crippen LogP contribution in [0.4, 0.5) is 13.2 Å². The number of hydrogen-bond acceptors (Lipinski definition) is 6. The van der Waals surface area contributed by atoms with Crippen LogP contribution in [0.25, 0.3) is 21.3 Å². The summed E-state index contributed by atoms with van der Waals surface area (Å²) in [7, 11) is 0. The fourth-order valence-electron chi connectivity index (χ4n) is 3.23. The van der Waals surface area contributed by atoms with Crippen LogP contribution in [-0.4, -0.2) is 34.8 Å². The van der Waals surface area contributed by atoms with Gasteiger partial charge in [0.05, 0.1) is 16.9 Å². The largest absolute Gasteiger partial charge is 0.416 e. The van der Waals surface area contributed by atoms with Gasteiger partial charge in [-0.1, -0.05) is 52.9 Å². The van der Waals surface area contributed by atoms with Gasteiger partial charge < -0.3 is 0 Å². The maximum absolute atomic E-state index is 13.1. The zero-order valence-corrected chi connectivity index (χ0v) is 16.9. The molecule has 2 aromatic carbocycles. The summed E-state index contributed by atoms with van der Waals surface area (Å²) in [6, 6.07) is 14.8. The second kappa shape index (κ2) is 7.27. The number of alkyl halides is 3. The minimum absolute atomic E-state index is 0.277. The van der Waals surface area contributed by atoms with Gasteiger partial charge >= 0.3 is 6.18 Å². The van der Waals surface area contributed by atoms with Gasteiger partial charge in [-0.15, -0.1) is 15.3 Å². The highest BCUT2D eigenvalue weighted by Gasteiger charge is 2.31. The summed E-state index contributed by atoms with van der Waals surface area (Å²) in [5, 5.41) is 21.7. The average molecular weight is 441 g/mol. The molecule has 0 saturated heterocycles. The van der Waals surface area contributed by atoms with E-state index in [4.69, 9.17) is 0 Å². The summed E-state index contributed by atoms with van der Waals surface area (Å²) in [6.07, 6.45) is -3.86. The van der Waals surface area contributed by atoms with Gasteiger partial charge in [0.2, 0.25) is 4.96 Å². The van der Waals surface area contributed by atoms with Gasteiger partial charge in [0.25, 0.3) is 0 Å². The van der Waals surface area contributed by atoms with Gasteiger partial charge in [0.15, 0.2) is 10.8 Å². The summed E-state index contributed by atoms with van der Waals surface area (Å²) in [5.74, 6) is 0.687. The van der Waals surface area contributed by atoms with Crippen molar-refractivity contribution >= 4 is 16.3 Å². The molecule has 3 heterocycles. The Kier molecular flexibility index (Phi) is 4.54. The molecule has 5 rings (SSSR count). The molecule has 0 saturated carbocycles. The molecule has 0 unspecified atom stereocenters. The third kappa shape index (κ3) is 3.56. The lowest BCUT2D eigenvalue weighted by molar-refractivity contribution is -0.137. The van der Waals surface area contributed by atoms with E-state index >= 15 is 0 Å². The SMILES string of the molecule is Cc1c(-c2nn3c(Cc4ccccc4)nnc3s2)nnn1-c1cccc(C(F)(F)F)c1. The van der Waals surface area contributed by atoms with E-state index in [1.165, 1.54) is 22.1 Å². The number of rotatable bonds is 4. The molecule has 0 N–H and O–H groups in total. The lowest BCUT2D eigenvalue weighted by atomic mass is 10.1. The first-order chi connectivity index (χ1) is 14.9. The second-order valence-corrected chi connectivity index (χ2v) is 7.82. The summed E-state index contributed by atoms with van der Waals surface area (Å²) in [4.78, 5) is 0.606. The number of nitrogens with zero attached hydrogens (tertiary/aromatic N) is 7. The molecular formula is C20H14F3N7S. The molecule has 7 nitrogen and oxygen atoms in total. The Bertz CT molecular complexity index is 1370. The topological polar surface area (TPSA) is 73.8 Å². The third-order valence-corrected chi connectivity index (χ3v) is 5.68. The van der Waals surface area contributed by atoms with Crippen molar-refractivity contribution in [3.05, 3.63) is 77.2 Å². The van der Waals surface area contributed by atoms with E-state index < -0.39 is 11.7 Å². The van der Waals surface area contributed by atoms with Gasteiger partial charge in [-0.05, 0) is 30.7 Å². The normalized spacial score (nSPS) is 12.0. The fraction of sp³-hybridized carbons (Fsp3) is 0.150. The first-order valence-electron chi connectivity index (χ1n) is 9.25. The summed E-state index contributed by atoms with van der Waals surface area (Å²) in [6.45, 7) is 1.74. The fourth-order valence-corrected chi connectivity index (χ4v) is 4.12. The molecule has 0 amide bonds. The average Bonchev–Trinajstić information content (AvgIpc) is 3.43. The molecule has 0 atom stereocenters. The lowest BCUT2D eigenvalue weighted by Gasteiger charge is -2.09. The Labute approximate surface area is 177 Å². The predicted octanol–water partition coefficient (Wildman–Crippen LogP) is 4.35. The van der Waals surface area contributed by atoms with E-state index in [9.17, 15) is 13.2 Å². The molecule has 0 spiro atoms. The Morgan fingerprint density at radius 3 is 2.55 bits per heavy atom. The number of aromatic nitrogens is 7. The lowest BCUT2D eigenvalue weighted by Crippen LogP contribution is -2.07. The number of fused-ring (bicyclic) bond motifs is 1. The van der Waals surface area contributed by atoms with Crippen molar-refractivity contribution in [2.24, 2.45) is 0 Å². The number of benzene rings is 2. The predicted molar refractivity (Wildman–Crippen MR) is 108 cm³/mol. The van der Waals surface area contributed by atoms with E-state index in [0.717, 1.165) is 17.7 Å². The van der Waals surface area contributed by atoms with Crippen LogP contribution in [0.2, 0.25) is 0 Å². The van der Waals surface area contributed by atoms with Crippen molar-refractivity contribution in [1.29, 1.82) is 0 Å². The van der Waals surface area contributed by atoms with E-state index in [1.54, 1.807) is 17.5 Å². The quantitative estimate of drug-likeness (QED) is 0.415. The molecule has 0 radical (unpaired) electrons. The number of hydrogen-bond donors (Lipinski definition) is 0. The Morgan fingerprint density at radius 2 is 1.77 bits per heavy atom. The summed E-state index contributed by atoms with van der Waals surface area (Å²) in [5.41, 5.74) is 1.68. The zero-order valence-electron chi connectivity index (χ0n) is 16.1. The molecule has 31 heavy (non-hydrogen) atoms. The van der Waals surface area contributed by atoms with E-state index in [0.29, 0.717) is 33.6 Å².